The number of hydrogen-bond acceptors (Lipinski definition) is 10. The predicted octanol–water partition coefficient (Wildman–Crippen LogP) is -2.40. The third-order valence-electron chi connectivity index (χ3n) is 3.52. The third-order valence-corrected chi connectivity index (χ3v) is 3.52. The zero-order chi connectivity index (χ0) is 21.1. The molecule has 1 aliphatic heterocycles. The van der Waals surface area contributed by atoms with Crippen LogP contribution in [-0.2, 0) is 14.3 Å². The predicted molar refractivity (Wildman–Crippen MR) is 97.8 cm³/mol. The number of aromatic amines is 1. The number of carboxylic acid groups (broad SMARTS) is 1. The zero-order valence-corrected chi connectivity index (χ0v) is 15.3. The molecule has 1 aliphatic rings. The molecule has 3 unspecified atom stereocenters. The molecule has 0 spiro atoms. The Morgan fingerprint density at radius 3 is 2.68 bits per heavy atom. The summed E-state index contributed by atoms with van der Waals surface area (Å²) in [6.45, 7) is 0.566. The van der Waals surface area contributed by atoms with Crippen molar-refractivity contribution < 1.29 is 29.6 Å². The fourth-order valence-electron chi connectivity index (χ4n) is 2.28. The van der Waals surface area contributed by atoms with E-state index >= 15 is 0 Å². The molecule has 0 aromatic carbocycles. The second-order valence-electron chi connectivity index (χ2n) is 5.70. The van der Waals surface area contributed by atoms with Crippen molar-refractivity contribution in [3.05, 3.63) is 12.7 Å². The monoisotopic (exact) mass is 399 g/mol. The van der Waals surface area contributed by atoms with E-state index in [1.807, 2.05) is 0 Å². The van der Waals surface area contributed by atoms with E-state index in [9.17, 15) is 14.7 Å². The summed E-state index contributed by atoms with van der Waals surface area (Å²) in [5.41, 5.74) is 12.2. The van der Waals surface area contributed by atoms with Gasteiger partial charge in [0.2, 0.25) is 5.91 Å². The Bertz CT molecular complexity index is 755. The number of carboxylic acids is 1. The summed E-state index contributed by atoms with van der Waals surface area (Å²) in [7, 11) is 1.00. The summed E-state index contributed by atoms with van der Waals surface area (Å²) in [6.07, 6.45) is 2.30. The number of nitrogens with two attached hydrogens (primary N) is 2. The van der Waals surface area contributed by atoms with Crippen LogP contribution in [0, 0.1) is 0 Å². The number of nitrogen functional groups attached to an aromatic ring is 1. The van der Waals surface area contributed by atoms with Gasteiger partial charge in [-0.1, -0.05) is 0 Å². The highest BCUT2D eigenvalue weighted by Gasteiger charge is 2.25. The number of aromatic nitrogens is 4. The lowest BCUT2D eigenvalue weighted by molar-refractivity contribution is -0.139. The van der Waals surface area contributed by atoms with E-state index < -0.39 is 30.4 Å². The van der Waals surface area contributed by atoms with Gasteiger partial charge in [0, 0.05) is 7.11 Å². The number of carbonyl (C=O) groups is 2. The van der Waals surface area contributed by atoms with E-state index in [-0.39, 0.29) is 12.6 Å². The average Bonchev–Trinajstić information content (AvgIpc) is 3.14. The Labute approximate surface area is 160 Å². The first-order valence-corrected chi connectivity index (χ1v) is 8.24. The molecule has 0 radical (unpaired) electrons. The number of imidazole rings is 1. The van der Waals surface area contributed by atoms with Crippen LogP contribution in [0.5, 0.6) is 0 Å². The first-order chi connectivity index (χ1) is 13.4. The standard InChI is InChI=1S/C9H16N2O5.C5H5N5.CH4O/c10-7(2-8(13)14)9(15)11-5-1-6(12)4-16-3-5;6-4-3-5(9-1-7-3)10-2-8-4;1-2/h5-7,12H,1-4,10H2,(H,11,15)(H,13,14);1-2H,(H3,6,7,8,9,10);2H,1H3. The Balaban J connectivity index is 0.000000278. The molecule has 2 aromatic rings. The van der Waals surface area contributed by atoms with Gasteiger partial charge in [-0.2, -0.15) is 0 Å². The van der Waals surface area contributed by atoms with Gasteiger partial charge in [0.15, 0.2) is 11.5 Å². The Morgan fingerprint density at radius 2 is 2.07 bits per heavy atom. The minimum absolute atomic E-state index is 0.257. The molecular weight excluding hydrogens is 374 g/mol. The first kappa shape index (κ1) is 23.2. The van der Waals surface area contributed by atoms with Crippen molar-refractivity contribution in [2.45, 2.75) is 31.0 Å². The highest BCUT2D eigenvalue weighted by molar-refractivity contribution is 5.86. The fraction of sp³-hybridized carbons (Fsp3) is 0.533. The summed E-state index contributed by atoms with van der Waals surface area (Å²) in [5, 5.41) is 27.3. The van der Waals surface area contributed by atoms with Gasteiger partial charge < -0.3 is 41.8 Å². The molecule has 1 saturated heterocycles. The SMILES string of the molecule is CO.NC(CC(=O)O)C(=O)NC1COCC(O)C1.Nc1ncnc2nc[nH]c12. The van der Waals surface area contributed by atoms with E-state index in [2.05, 4.69) is 25.3 Å². The van der Waals surface area contributed by atoms with E-state index in [0.29, 0.717) is 30.0 Å². The number of ether oxygens (including phenoxy) is 1. The second-order valence-corrected chi connectivity index (χ2v) is 5.70. The van der Waals surface area contributed by atoms with Gasteiger partial charge in [0.1, 0.15) is 11.8 Å². The number of carbonyl (C=O) groups excluding carboxylic acids is 1. The van der Waals surface area contributed by atoms with Crippen molar-refractivity contribution in [1.82, 2.24) is 25.3 Å². The molecule has 156 valence electrons. The number of nitrogens with one attached hydrogen (secondary N) is 2. The van der Waals surface area contributed by atoms with Crippen LogP contribution in [0.4, 0.5) is 5.82 Å². The number of hydrogen-bond donors (Lipinski definition) is 7. The molecule has 9 N–H and O–H groups in total. The van der Waals surface area contributed by atoms with Crippen molar-refractivity contribution in [2.75, 3.05) is 26.1 Å². The van der Waals surface area contributed by atoms with Gasteiger partial charge in [-0.05, 0) is 6.42 Å². The van der Waals surface area contributed by atoms with Crippen LogP contribution < -0.4 is 16.8 Å². The summed E-state index contributed by atoms with van der Waals surface area (Å²) in [6, 6.07) is -1.38. The van der Waals surface area contributed by atoms with Crippen LogP contribution in [0.2, 0.25) is 0 Å². The number of aliphatic carboxylic acids is 1. The van der Waals surface area contributed by atoms with Crippen LogP contribution in [0.3, 0.4) is 0 Å². The minimum Gasteiger partial charge on any atom is -0.481 e. The number of anilines is 1. The van der Waals surface area contributed by atoms with Gasteiger partial charge >= 0.3 is 5.97 Å². The van der Waals surface area contributed by atoms with Crippen molar-refractivity contribution in [2.24, 2.45) is 5.73 Å². The molecular formula is C15H25N7O6. The molecule has 0 bridgehead atoms. The number of fused-ring (bicyclic) bond motifs is 1. The smallest absolute Gasteiger partial charge is 0.305 e. The van der Waals surface area contributed by atoms with E-state index in [0.717, 1.165) is 7.11 Å². The lowest BCUT2D eigenvalue weighted by Gasteiger charge is -2.27. The molecule has 1 amide bonds. The molecule has 3 heterocycles. The Kier molecular flexibility index (Phi) is 9.73. The molecule has 13 nitrogen and oxygen atoms in total. The van der Waals surface area contributed by atoms with Crippen molar-refractivity contribution >= 4 is 28.9 Å². The van der Waals surface area contributed by atoms with Crippen molar-refractivity contribution in [3.63, 3.8) is 0 Å². The van der Waals surface area contributed by atoms with Crippen LogP contribution in [0.25, 0.3) is 11.2 Å². The second kappa shape index (κ2) is 11.8. The van der Waals surface area contributed by atoms with Crippen molar-refractivity contribution in [3.8, 4) is 0 Å². The highest BCUT2D eigenvalue weighted by atomic mass is 16.5. The zero-order valence-electron chi connectivity index (χ0n) is 15.3. The van der Waals surface area contributed by atoms with Gasteiger partial charge in [0.25, 0.3) is 0 Å². The first-order valence-electron chi connectivity index (χ1n) is 8.24. The lowest BCUT2D eigenvalue weighted by atomic mass is 10.1. The number of aliphatic hydroxyl groups is 2. The highest BCUT2D eigenvalue weighted by Crippen LogP contribution is 2.09. The summed E-state index contributed by atoms with van der Waals surface area (Å²) in [4.78, 5) is 36.1. The van der Waals surface area contributed by atoms with Gasteiger partial charge in [-0.3, -0.25) is 9.59 Å². The van der Waals surface area contributed by atoms with Crippen LogP contribution in [0.15, 0.2) is 12.7 Å². The maximum Gasteiger partial charge on any atom is 0.305 e. The van der Waals surface area contributed by atoms with Crippen LogP contribution in [0.1, 0.15) is 12.8 Å². The molecule has 13 heteroatoms. The molecule has 2 aromatic heterocycles. The van der Waals surface area contributed by atoms with Crippen molar-refractivity contribution in [1.29, 1.82) is 0 Å². The minimum atomic E-state index is -1.12. The summed E-state index contributed by atoms with van der Waals surface area (Å²) >= 11 is 0. The van der Waals surface area contributed by atoms with Gasteiger partial charge in [0.05, 0.1) is 44.1 Å². The maximum atomic E-state index is 11.4. The summed E-state index contributed by atoms with van der Waals surface area (Å²) in [5.74, 6) is -1.23. The lowest BCUT2D eigenvalue weighted by Crippen LogP contribution is -2.50. The number of nitrogens with zero attached hydrogens (tertiary/aromatic N) is 3. The maximum absolute atomic E-state index is 11.4. The van der Waals surface area contributed by atoms with E-state index in [4.69, 9.17) is 26.4 Å². The average molecular weight is 399 g/mol. The third kappa shape index (κ3) is 7.40. The number of H-pyrrole nitrogens is 1. The van der Waals surface area contributed by atoms with Crippen LogP contribution >= 0.6 is 0 Å². The Morgan fingerprint density at radius 1 is 1.36 bits per heavy atom. The normalized spacial score (nSPS) is 19.4. The topological polar surface area (TPSA) is 223 Å². The van der Waals surface area contributed by atoms with Gasteiger partial charge in [-0.25, -0.2) is 15.0 Å². The van der Waals surface area contributed by atoms with Crippen LogP contribution in [-0.4, -0.2) is 85.6 Å². The largest absolute Gasteiger partial charge is 0.481 e. The molecule has 0 aliphatic carbocycles. The quantitative estimate of drug-likeness (QED) is 0.287. The molecule has 3 rings (SSSR count). The molecule has 3 atom stereocenters. The number of rotatable bonds is 4. The molecule has 28 heavy (non-hydrogen) atoms. The van der Waals surface area contributed by atoms with E-state index in [1.165, 1.54) is 12.7 Å². The Hall–Kier alpha value is -2.87. The molecule has 1 fully saturated rings. The van der Waals surface area contributed by atoms with E-state index in [1.54, 1.807) is 0 Å². The molecule has 0 saturated carbocycles. The number of amides is 1. The summed E-state index contributed by atoms with van der Waals surface area (Å²) < 4.78 is 5.03. The van der Waals surface area contributed by atoms with Gasteiger partial charge in [-0.15, -0.1) is 0 Å². The number of aliphatic hydroxyl groups excluding tert-OH is 2. The fourth-order valence-corrected chi connectivity index (χ4v) is 2.28.